The van der Waals surface area contributed by atoms with Crippen LogP contribution in [0.5, 0.6) is 0 Å². The molecule has 9 heteroatoms. The van der Waals surface area contributed by atoms with Crippen LogP contribution in [0.2, 0.25) is 0 Å². The van der Waals surface area contributed by atoms with E-state index in [1.54, 1.807) is 12.3 Å². The fourth-order valence-corrected chi connectivity index (χ4v) is 4.60. The highest BCUT2D eigenvalue weighted by atomic mass is 32.2. The van der Waals surface area contributed by atoms with E-state index >= 15 is 0 Å². The highest BCUT2D eigenvalue weighted by molar-refractivity contribution is 7.92. The highest BCUT2D eigenvalue weighted by Gasteiger charge is 2.25. The van der Waals surface area contributed by atoms with E-state index in [-0.39, 0.29) is 0 Å². The van der Waals surface area contributed by atoms with Gasteiger partial charge in [-0.1, -0.05) is 29.8 Å². The van der Waals surface area contributed by atoms with Crippen LogP contribution in [0.25, 0.3) is 6.08 Å². The maximum atomic E-state index is 12.7. The Hall–Kier alpha value is -3.30. The molecule has 32 heavy (non-hydrogen) atoms. The van der Waals surface area contributed by atoms with Crippen molar-refractivity contribution in [2.24, 2.45) is 0 Å². The van der Waals surface area contributed by atoms with Gasteiger partial charge in [-0.25, -0.2) is 23.4 Å². The molecule has 1 aliphatic heterocycles. The van der Waals surface area contributed by atoms with Gasteiger partial charge in [0.05, 0.1) is 0 Å². The van der Waals surface area contributed by atoms with E-state index in [1.807, 2.05) is 56.3 Å². The third kappa shape index (κ3) is 5.49. The lowest BCUT2D eigenvalue weighted by molar-refractivity contribution is 0.389. The van der Waals surface area contributed by atoms with Crippen molar-refractivity contribution in [2.45, 2.75) is 13.8 Å². The normalized spacial score (nSPS) is 15.2. The van der Waals surface area contributed by atoms with Crippen molar-refractivity contribution < 1.29 is 8.42 Å². The van der Waals surface area contributed by atoms with Gasteiger partial charge in [0.15, 0.2) is 0 Å². The van der Waals surface area contributed by atoms with E-state index in [0.29, 0.717) is 37.8 Å². The zero-order valence-corrected chi connectivity index (χ0v) is 19.0. The molecule has 3 heterocycles. The summed E-state index contributed by atoms with van der Waals surface area (Å²) in [4.78, 5) is 15.0. The number of hydrogen-bond donors (Lipinski definition) is 1. The first kappa shape index (κ1) is 21.9. The Balaban J connectivity index is 1.38. The van der Waals surface area contributed by atoms with Gasteiger partial charge in [0.1, 0.15) is 23.8 Å². The Morgan fingerprint density at radius 1 is 0.875 bits per heavy atom. The number of benzene rings is 1. The van der Waals surface area contributed by atoms with Crippen molar-refractivity contribution in [1.29, 1.82) is 0 Å². The predicted molar refractivity (Wildman–Crippen MR) is 127 cm³/mol. The summed E-state index contributed by atoms with van der Waals surface area (Å²) in [5.74, 6) is 2.11. The summed E-state index contributed by atoms with van der Waals surface area (Å²) in [6.45, 7) is 5.90. The molecule has 0 radical (unpaired) electrons. The lowest BCUT2D eigenvalue weighted by Crippen LogP contribution is -2.48. The number of rotatable bonds is 6. The number of nitrogens with one attached hydrogen (secondary N) is 1. The molecule has 8 nitrogen and oxygen atoms in total. The fraction of sp³-hybridized carbons (Fsp3) is 0.261. The smallest absolute Gasteiger partial charge is 0.236 e. The first-order chi connectivity index (χ1) is 15.4. The molecule has 2 aromatic heterocycles. The molecule has 1 saturated heterocycles. The largest absolute Gasteiger partial charge is 0.354 e. The maximum absolute atomic E-state index is 12.7. The lowest BCUT2D eigenvalue weighted by atomic mass is 10.2. The van der Waals surface area contributed by atoms with Crippen molar-refractivity contribution in [3.63, 3.8) is 0 Å². The minimum atomic E-state index is -3.48. The summed E-state index contributed by atoms with van der Waals surface area (Å²) in [5, 5.41) is 4.48. The van der Waals surface area contributed by atoms with Gasteiger partial charge in [0.2, 0.25) is 10.0 Å². The quantitative estimate of drug-likeness (QED) is 0.616. The third-order valence-corrected chi connectivity index (χ3v) is 6.82. The molecule has 3 aromatic rings. The number of anilines is 3. The van der Waals surface area contributed by atoms with Crippen LogP contribution in [-0.2, 0) is 10.0 Å². The van der Waals surface area contributed by atoms with Crippen LogP contribution < -0.4 is 10.2 Å². The SMILES string of the molecule is Cc1ccc(/C=C/S(=O)(=O)N2CCN(c3cc(Nc4cc(C)ccn4)ncn3)CC2)cc1. The summed E-state index contributed by atoms with van der Waals surface area (Å²) in [6, 6.07) is 13.5. The molecule has 0 amide bonds. The number of sulfonamides is 1. The van der Waals surface area contributed by atoms with E-state index in [0.717, 1.165) is 22.5 Å². The molecule has 1 N–H and O–H groups in total. The summed E-state index contributed by atoms with van der Waals surface area (Å²) in [5.41, 5.74) is 3.10. The molecular weight excluding hydrogens is 424 g/mol. The molecule has 0 atom stereocenters. The van der Waals surface area contributed by atoms with E-state index < -0.39 is 10.0 Å². The number of pyridine rings is 1. The van der Waals surface area contributed by atoms with Crippen LogP contribution in [0.4, 0.5) is 17.5 Å². The summed E-state index contributed by atoms with van der Waals surface area (Å²) in [7, 11) is -3.48. The van der Waals surface area contributed by atoms with Crippen molar-refractivity contribution in [3.05, 3.63) is 77.1 Å². The van der Waals surface area contributed by atoms with Gasteiger partial charge in [-0.15, -0.1) is 0 Å². The predicted octanol–water partition coefficient (Wildman–Crippen LogP) is 3.35. The molecule has 0 spiro atoms. The van der Waals surface area contributed by atoms with Gasteiger partial charge in [-0.2, -0.15) is 4.31 Å². The van der Waals surface area contributed by atoms with Gasteiger partial charge in [-0.3, -0.25) is 0 Å². The van der Waals surface area contributed by atoms with Gasteiger partial charge in [0.25, 0.3) is 0 Å². The van der Waals surface area contributed by atoms with E-state index in [2.05, 4.69) is 25.2 Å². The Kier molecular flexibility index (Phi) is 6.48. The number of aromatic nitrogens is 3. The molecule has 0 aliphatic carbocycles. The minimum Gasteiger partial charge on any atom is -0.354 e. The molecule has 0 unspecified atom stereocenters. The van der Waals surface area contributed by atoms with Gasteiger partial charge in [0, 0.05) is 43.9 Å². The first-order valence-electron chi connectivity index (χ1n) is 10.4. The van der Waals surface area contributed by atoms with Crippen LogP contribution in [0.1, 0.15) is 16.7 Å². The summed E-state index contributed by atoms with van der Waals surface area (Å²) in [6.07, 6.45) is 4.89. The topological polar surface area (TPSA) is 91.3 Å². The van der Waals surface area contributed by atoms with Crippen molar-refractivity contribution in [1.82, 2.24) is 19.3 Å². The minimum absolute atomic E-state index is 0.396. The van der Waals surface area contributed by atoms with Crippen LogP contribution in [0.3, 0.4) is 0 Å². The summed E-state index contributed by atoms with van der Waals surface area (Å²) < 4.78 is 27.0. The van der Waals surface area contributed by atoms with Crippen molar-refractivity contribution in [3.8, 4) is 0 Å². The molecular formula is C23H26N6O2S. The van der Waals surface area contributed by atoms with Gasteiger partial charge < -0.3 is 10.2 Å². The van der Waals surface area contributed by atoms with E-state index in [1.165, 1.54) is 16.0 Å². The van der Waals surface area contributed by atoms with Crippen LogP contribution in [-0.4, -0.2) is 53.9 Å². The number of hydrogen-bond acceptors (Lipinski definition) is 7. The molecule has 1 fully saturated rings. The zero-order chi connectivity index (χ0) is 22.6. The maximum Gasteiger partial charge on any atom is 0.236 e. The molecule has 0 bridgehead atoms. The van der Waals surface area contributed by atoms with E-state index in [9.17, 15) is 8.42 Å². The lowest BCUT2D eigenvalue weighted by Gasteiger charge is -2.34. The average Bonchev–Trinajstić information content (AvgIpc) is 2.79. The molecule has 1 aromatic carbocycles. The third-order valence-electron chi connectivity index (χ3n) is 5.26. The standard InChI is InChI=1S/C23H26N6O2S/c1-18-3-5-20(6-4-18)8-14-32(30,31)29-12-10-28(11-13-29)23-16-22(25-17-26-23)27-21-15-19(2)7-9-24-21/h3-9,14-17H,10-13H2,1-2H3,(H,24,25,26,27)/b14-8+. The molecule has 1 aliphatic rings. The monoisotopic (exact) mass is 450 g/mol. The second-order valence-corrected chi connectivity index (χ2v) is 9.57. The number of nitrogens with zero attached hydrogens (tertiary/aromatic N) is 5. The van der Waals surface area contributed by atoms with Crippen molar-refractivity contribution >= 4 is 33.6 Å². The van der Waals surface area contributed by atoms with Crippen molar-refractivity contribution in [2.75, 3.05) is 36.4 Å². The summed E-state index contributed by atoms with van der Waals surface area (Å²) >= 11 is 0. The van der Waals surface area contributed by atoms with Gasteiger partial charge in [-0.05, 0) is 43.2 Å². The highest BCUT2D eigenvalue weighted by Crippen LogP contribution is 2.20. The number of aryl methyl sites for hydroxylation is 2. The number of piperazine rings is 1. The van der Waals surface area contributed by atoms with Gasteiger partial charge >= 0.3 is 0 Å². The second-order valence-electron chi connectivity index (χ2n) is 7.75. The molecule has 0 saturated carbocycles. The molecule has 166 valence electrons. The Labute approximate surface area is 188 Å². The fourth-order valence-electron chi connectivity index (χ4n) is 3.42. The molecule has 4 rings (SSSR count). The Morgan fingerprint density at radius 3 is 2.31 bits per heavy atom. The van der Waals surface area contributed by atoms with Crippen LogP contribution >= 0.6 is 0 Å². The average molecular weight is 451 g/mol. The van der Waals surface area contributed by atoms with Crippen LogP contribution in [0.15, 0.2) is 60.4 Å². The van der Waals surface area contributed by atoms with Crippen LogP contribution in [0, 0.1) is 13.8 Å². The second kappa shape index (κ2) is 9.46. The Morgan fingerprint density at radius 2 is 1.59 bits per heavy atom. The van der Waals surface area contributed by atoms with E-state index in [4.69, 9.17) is 0 Å². The Bertz CT molecular complexity index is 1200. The first-order valence-corrected chi connectivity index (χ1v) is 11.9. The zero-order valence-electron chi connectivity index (χ0n) is 18.1.